The predicted molar refractivity (Wildman–Crippen MR) is 101 cm³/mol. The van der Waals surface area contributed by atoms with Crippen molar-refractivity contribution in [1.82, 2.24) is 20.2 Å². The number of benzene rings is 1. The summed E-state index contributed by atoms with van der Waals surface area (Å²) in [6.45, 7) is 0. The van der Waals surface area contributed by atoms with Crippen LogP contribution in [0.5, 0.6) is 0 Å². The molecule has 2 aromatic rings. The van der Waals surface area contributed by atoms with Crippen molar-refractivity contribution in [1.29, 1.82) is 0 Å². The number of carbonyl (C=O) groups excluding carboxylic acids is 1. The molecule has 1 aromatic heterocycles. The summed E-state index contributed by atoms with van der Waals surface area (Å²) < 4.78 is 1.45. The summed E-state index contributed by atoms with van der Waals surface area (Å²) >= 11 is 1.32. The Balaban J connectivity index is 1.53. The molecular weight excluding hydrogens is 334 g/mol. The van der Waals surface area contributed by atoms with E-state index in [4.69, 9.17) is 5.84 Å². The molecule has 6 nitrogen and oxygen atoms in total. The Morgan fingerprint density at radius 3 is 2.52 bits per heavy atom. The van der Waals surface area contributed by atoms with E-state index >= 15 is 0 Å². The minimum Gasteiger partial charge on any atom is -0.353 e. The first kappa shape index (κ1) is 17.8. The van der Waals surface area contributed by atoms with Gasteiger partial charge < -0.3 is 11.2 Å². The minimum absolute atomic E-state index is 0.0415. The lowest BCUT2D eigenvalue weighted by molar-refractivity contribution is -0.119. The maximum Gasteiger partial charge on any atom is 0.230 e. The van der Waals surface area contributed by atoms with E-state index in [-0.39, 0.29) is 5.91 Å². The van der Waals surface area contributed by atoms with Gasteiger partial charge in [0.2, 0.25) is 11.1 Å². The van der Waals surface area contributed by atoms with Gasteiger partial charge in [-0.3, -0.25) is 4.79 Å². The van der Waals surface area contributed by atoms with Crippen LogP contribution in [-0.2, 0) is 4.79 Å². The number of nitrogen functional groups attached to an aromatic ring is 1. The van der Waals surface area contributed by atoms with Gasteiger partial charge in [0.05, 0.1) is 5.75 Å². The van der Waals surface area contributed by atoms with Gasteiger partial charge in [-0.2, -0.15) is 0 Å². The third kappa shape index (κ3) is 4.98. The van der Waals surface area contributed by atoms with E-state index in [9.17, 15) is 4.79 Å². The Labute approximate surface area is 152 Å². The summed E-state index contributed by atoms with van der Waals surface area (Å²) in [6, 6.07) is 9.98. The average Bonchev–Trinajstić information content (AvgIpc) is 2.97. The van der Waals surface area contributed by atoms with Crippen LogP contribution in [-0.4, -0.2) is 32.6 Å². The summed E-state index contributed by atoms with van der Waals surface area (Å²) in [5.74, 6) is 7.03. The van der Waals surface area contributed by atoms with Crippen LogP contribution >= 0.6 is 11.8 Å². The maximum atomic E-state index is 12.2. The molecule has 1 fully saturated rings. The van der Waals surface area contributed by atoms with Crippen molar-refractivity contribution in [3.8, 4) is 11.4 Å². The average molecular weight is 359 g/mol. The van der Waals surface area contributed by atoms with Crippen molar-refractivity contribution in [3.63, 3.8) is 0 Å². The molecule has 1 aliphatic rings. The lowest BCUT2D eigenvalue weighted by Crippen LogP contribution is -2.36. The fourth-order valence-corrected chi connectivity index (χ4v) is 3.83. The van der Waals surface area contributed by atoms with E-state index in [0.717, 1.165) is 18.4 Å². The molecule has 7 heteroatoms. The van der Waals surface area contributed by atoms with E-state index in [1.165, 1.54) is 48.5 Å². The standard InChI is InChI=1S/C18H25N5OS/c19-23-17(14-9-5-4-6-10-14)21-22-18(23)25-13-16(24)20-15-11-7-2-1-3-8-12-15/h4-6,9-10,15H,1-3,7-8,11-13,19H2,(H,20,24). The molecule has 0 saturated heterocycles. The summed E-state index contributed by atoms with van der Waals surface area (Å²) in [7, 11) is 0. The van der Waals surface area contributed by atoms with Gasteiger partial charge in [-0.25, -0.2) is 4.68 Å². The number of amides is 1. The Bertz CT molecular complexity index is 680. The third-order valence-electron chi connectivity index (χ3n) is 4.50. The molecule has 0 atom stereocenters. The van der Waals surface area contributed by atoms with Crippen LogP contribution in [0, 0.1) is 0 Å². The van der Waals surface area contributed by atoms with E-state index in [1.807, 2.05) is 30.3 Å². The zero-order chi connectivity index (χ0) is 17.5. The van der Waals surface area contributed by atoms with Gasteiger partial charge in [0.15, 0.2) is 5.82 Å². The van der Waals surface area contributed by atoms with Gasteiger partial charge in [-0.05, 0) is 12.8 Å². The Hall–Kier alpha value is -2.02. The fraction of sp³-hybridized carbons (Fsp3) is 0.500. The monoisotopic (exact) mass is 359 g/mol. The normalized spacial score (nSPS) is 16.2. The largest absolute Gasteiger partial charge is 0.353 e. The molecule has 0 spiro atoms. The number of thioether (sulfide) groups is 1. The number of rotatable bonds is 5. The van der Waals surface area contributed by atoms with Crippen molar-refractivity contribution in [2.24, 2.45) is 0 Å². The second kappa shape index (κ2) is 8.89. The molecule has 1 amide bonds. The number of hydrogen-bond acceptors (Lipinski definition) is 5. The molecule has 1 heterocycles. The summed E-state index contributed by atoms with van der Waals surface area (Å²) in [4.78, 5) is 12.2. The highest BCUT2D eigenvalue weighted by Gasteiger charge is 2.16. The highest BCUT2D eigenvalue weighted by molar-refractivity contribution is 7.99. The molecule has 1 aliphatic carbocycles. The number of hydrogen-bond donors (Lipinski definition) is 2. The number of nitrogens with one attached hydrogen (secondary N) is 1. The molecule has 0 aliphatic heterocycles. The zero-order valence-corrected chi connectivity index (χ0v) is 15.2. The van der Waals surface area contributed by atoms with Crippen molar-refractivity contribution >= 4 is 17.7 Å². The van der Waals surface area contributed by atoms with Crippen LogP contribution in [0.15, 0.2) is 35.5 Å². The Morgan fingerprint density at radius 1 is 1.12 bits per heavy atom. The van der Waals surface area contributed by atoms with Gasteiger partial charge in [0.25, 0.3) is 0 Å². The summed E-state index contributed by atoms with van der Waals surface area (Å²) in [6.07, 6.45) is 8.46. The van der Waals surface area contributed by atoms with E-state index in [2.05, 4.69) is 15.5 Å². The summed E-state index contributed by atoms with van der Waals surface area (Å²) in [5.41, 5.74) is 0.906. The van der Waals surface area contributed by atoms with E-state index in [0.29, 0.717) is 22.8 Å². The van der Waals surface area contributed by atoms with Gasteiger partial charge in [-0.1, -0.05) is 74.2 Å². The molecule has 25 heavy (non-hydrogen) atoms. The van der Waals surface area contributed by atoms with Crippen LogP contribution in [0.4, 0.5) is 0 Å². The molecular formula is C18H25N5OS. The first-order valence-corrected chi connectivity index (χ1v) is 9.90. The summed E-state index contributed by atoms with van der Waals surface area (Å²) in [5, 5.41) is 12.0. The number of nitrogens with two attached hydrogens (primary N) is 1. The van der Waals surface area contributed by atoms with Gasteiger partial charge in [0, 0.05) is 11.6 Å². The molecule has 3 N–H and O–H groups in total. The molecule has 0 radical (unpaired) electrons. The lowest BCUT2D eigenvalue weighted by Gasteiger charge is -2.20. The zero-order valence-electron chi connectivity index (χ0n) is 14.4. The van der Waals surface area contributed by atoms with E-state index in [1.54, 1.807) is 0 Å². The number of carbonyl (C=O) groups is 1. The third-order valence-corrected chi connectivity index (χ3v) is 5.44. The Morgan fingerprint density at radius 2 is 1.80 bits per heavy atom. The first-order chi connectivity index (χ1) is 12.2. The molecule has 1 aromatic carbocycles. The van der Waals surface area contributed by atoms with Crippen molar-refractivity contribution < 1.29 is 4.79 Å². The second-order valence-corrected chi connectivity index (χ2v) is 7.38. The van der Waals surface area contributed by atoms with Crippen LogP contribution in [0.1, 0.15) is 44.9 Å². The first-order valence-electron chi connectivity index (χ1n) is 8.92. The minimum atomic E-state index is 0.0415. The van der Waals surface area contributed by atoms with Gasteiger partial charge in [0.1, 0.15) is 0 Å². The molecule has 134 valence electrons. The molecule has 3 rings (SSSR count). The highest BCUT2D eigenvalue weighted by Crippen LogP contribution is 2.21. The Kier molecular flexibility index (Phi) is 6.33. The SMILES string of the molecule is Nn1c(SCC(=O)NC2CCCCCCC2)nnc1-c1ccccc1. The fourth-order valence-electron chi connectivity index (χ4n) is 3.16. The molecule has 0 unspecified atom stereocenters. The molecule has 0 bridgehead atoms. The van der Waals surface area contributed by atoms with Crippen LogP contribution in [0.2, 0.25) is 0 Å². The van der Waals surface area contributed by atoms with Crippen molar-refractivity contribution in [3.05, 3.63) is 30.3 Å². The number of nitrogens with zero attached hydrogens (tertiary/aromatic N) is 3. The second-order valence-electron chi connectivity index (χ2n) is 6.44. The van der Waals surface area contributed by atoms with Crippen molar-refractivity contribution in [2.45, 2.75) is 56.1 Å². The highest BCUT2D eigenvalue weighted by atomic mass is 32.2. The quantitative estimate of drug-likeness (QED) is 0.633. The maximum absolute atomic E-state index is 12.2. The smallest absolute Gasteiger partial charge is 0.230 e. The van der Waals surface area contributed by atoms with Crippen LogP contribution < -0.4 is 11.2 Å². The van der Waals surface area contributed by atoms with Crippen LogP contribution in [0.25, 0.3) is 11.4 Å². The van der Waals surface area contributed by atoms with Gasteiger partial charge >= 0.3 is 0 Å². The van der Waals surface area contributed by atoms with Crippen molar-refractivity contribution in [2.75, 3.05) is 11.6 Å². The van der Waals surface area contributed by atoms with E-state index < -0.39 is 0 Å². The number of aromatic nitrogens is 3. The lowest BCUT2D eigenvalue weighted by atomic mass is 9.97. The molecule has 1 saturated carbocycles. The van der Waals surface area contributed by atoms with Gasteiger partial charge in [-0.15, -0.1) is 10.2 Å². The predicted octanol–water partition coefficient (Wildman–Crippen LogP) is 2.98. The van der Waals surface area contributed by atoms with Crippen LogP contribution in [0.3, 0.4) is 0 Å². The topological polar surface area (TPSA) is 85.8 Å².